The number of rotatable bonds is 6. The first-order valence-electron chi connectivity index (χ1n) is 9.15. The standard InChI is InChI=1S/C20H12ClFN4O6S/c21-15-6-5-13(9-16(15)26(29)30)24-33(31,32)17-8-12(22)4-3-11(17)10-25-19(27)14-2-1-7-23-18(14)20(25)28/h1-9,24H,10H2. The number of aromatic nitrogens is 1. The molecular weight excluding hydrogens is 479 g/mol. The minimum Gasteiger partial charge on any atom is -0.279 e. The molecule has 1 aliphatic rings. The van der Waals surface area contributed by atoms with Gasteiger partial charge in [0.05, 0.1) is 27.6 Å². The lowest BCUT2D eigenvalue weighted by Crippen LogP contribution is -2.30. The quantitative estimate of drug-likeness (QED) is 0.317. The lowest BCUT2D eigenvalue weighted by atomic mass is 10.2. The van der Waals surface area contributed by atoms with E-state index in [2.05, 4.69) is 9.71 Å². The third kappa shape index (κ3) is 4.13. The van der Waals surface area contributed by atoms with Gasteiger partial charge in [-0.2, -0.15) is 0 Å². The van der Waals surface area contributed by atoms with E-state index in [0.717, 1.165) is 35.2 Å². The first-order chi connectivity index (χ1) is 15.6. The number of hydrogen-bond acceptors (Lipinski definition) is 7. The number of fused-ring (bicyclic) bond motifs is 1. The van der Waals surface area contributed by atoms with Crippen LogP contribution in [0.5, 0.6) is 0 Å². The molecule has 2 aromatic carbocycles. The maximum atomic E-state index is 14.0. The van der Waals surface area contributed by atoms with Crippen molar-refractivity contribution in [1.29, 1.82) is 0 Å². The Morgan fingerprint density at radius 3 is 2.58 bits per heavy atom. The van der Waals surface area contributed by atoms with Gasteiger partial charge in [0.15, 0.2) is 0 Å². The fourth-order valence-corrected chi connectivity index (χ4v) is 4.74. The summed E-state index contributed by atoms with van der Waals surface area (Å²) in [7, 11) is -4.49. The van der Waals surface area contributed by atoms with E-state index in [0.29, 0.717) is 0 Å². The lowest BCUT2D eigenvalue weighted by molar-refractivity contribution is -0.384. The third-order valence-electron chi connectivity index (χ3n) is 4.77. The van der Waals surface area contributed by atoms with Crippen molar-refractivity contribution in [3.8, 4) is 0 Å². The van der Waals surface area contributed by atoms with Crippen molar-refractivity contribution < 1.29 is 27.3 Å². The smallest absolute Gasteiger partial charge is 0.279 e. The molecule has 0 spiro atoms. The molecule has 0 aliphatic carbocycles. The number of benzene rings is 2. The zero-order chi connectivity index (χ0) is 23.9. The van der Waals surface area contributed by atoms with Crippen LogP contribution in [0, 0.1) is 15.9 Å². The monoisotopic (exact) mass is 490 g/mol. The maximum absolute atomic E-state index is 14.0. The largest absolute Gasteiger partial charge is 0.289 e. The molecule has 2 amide bonds. The number of carbonyl (C=O) groups excluding carboxylic acids is 2. The number of pyridine rings is 1. The molecule has 1 aromatic heterocycles. The zero-order valence-corrected chi connectivity index (χ0v) is 17.9. The van der Waals surface area contributed by atoms with E-state index >= 15 is 0 Å². The highest BCUT2D eigenvalue weighted by molar-refractivity contribution is 7.92. The Morgan fingerprint density at radius 1 is 1.12 bits per heavy atom. The number of halogens is 2. The SMILES string of the molecule is O=C1c2cccnc2C(=O)N1Cc1ccc(F)cc1S(=O)(=O)Nc1ccc(Cl)c([N+](=O)[O-])c1. The molecule has 4 rings (SSSR count). The van der Waals surface area contributed by atoms with Crippen LogP contribution in [0.15, 0.2) is 59.6 Å². The van der Waals surface area contributed by atoms with Gasteiger partial charge < -0.3 is 0 Å². The van der Waals surface area contributed by atoms with Gasteiger partial charge in [0.2, 0.25) is 0 Å². The molecule has 13 heteroatoms. The van der Waals surface area contributed by atoms with Gasteiger partial charge in [-0.05, 0) is 42.0 Å². The van der Waals surface area contributed by atoms with E-state index in [9.17, 15) is 32.5 Å². The highest BCUT2D eigenvalue weighted by Gasteiger charge is 2.37. The third-order valence-corrected chi connectivity index (χ3v) is 6.56. The highest BCUT2D eigenvalue weighted by atomic mass is 35.5. The Balaban J connectivity index is 1.69. The summed E-state index contributed by atoms with van der Waals surface area (Å²) in [5.41, 5.74) is -0.774. The Kier molecular flexibility index (Phi) is 5.56. The maximum Gasteiger partial charge on any atom is 0.289 e. The number of amides is 2. The minimum atomic E-state index is -4.49. The van der Waals surface area contributed by atoms with Crippen LogP contribution >= 0.6 is 11.6 Å². The number of imide groups is 1. The summed E-state index contributed by atoms with van der Waals surface area (Å²) < 4.78 is 42.1. The number of nitrogens with zero attached hydrogens (tertiary/aromatic N) is 3. The van der Waals surface area contributed by atoms with E-state index < -0.39 is 49.7 Å². The van der Waals surface area contributed by atoms with Crippen molar-refractivity contribution in [3.05, 3.63) is 92.5 Å². The fraction of sp³-hybridized carbons (Fsp3) is 0.0500. The van der Waals surface area contributed by atoms with Crippen molar-refractivity contribution in [2.45, 2.75) is 11.4 Å². The number of nitro groups is 1. The molecule has 2 heterocycles. The predicted octanol–water partition coefficient (Wildman–Crippen LogP) is 3.38. The number of nitrogens with one attached hydrogen (secondary N) is 1. The number of carbonyl (C=O) groups is 2. The number of hydrogen-bond donors (Lipinski definition) is 1. The van der Waals surface area contributed by atoms with Crippen molar-refractivity contribution in [2.75, 3.05) is 4.72 Å². The van der Waals surface area contributed by atoms with Crippen LogP contribution in [0.2, 0.25) is 5.02 Å². The summed E-state index contributed by atoms with van der Waals surface area (Å²) in [4.78, 5) is 39.6. The summed E-state index contributed by atoms with van der Waals surface area (Å²) in [6, 6.07) is 8.98. The number of anilines is 1. The zero-order valence-electron chi connectivity index (χ0n) is 16.4. The molecule has 0 unspecified atom stereocenters. The summed E-state index contributed by atoms with van der Waals surface area (Å²) in [6.07, 6.45) is 1.34. The predicted molar refractivity (Wildman–Crippen MR) is 114 cm³/mol. The second kappa shape index (κ2) is 8.22. The van der Waals surface area contributed by atoms with Gasteiger partial charge in [-0.25, -0.2) is 12.8 Å². The molecule has 168 valence electrons. The first kappa shape index (κ1) is 22.3. The van der Waals surface area contributed by atoms with Gasteiger partial charge in [0.25, 0.3) is 27.5 Å². The number of sulfonamides is 1. The molecule has 10 nitrogen and oxygen atoms in total. The normalized spacial score (nSPS) is 13.2. The molecule has 33 heavy (non-hydrogen) atoms. The second-order valence-corrected chi connectivity index (χ2v) is 8.93. The van der Waals surface area contributed by atoms with E-state index in [1.54, 1.807) is 0 Å². The fourth-order valence-electron chi connectivity index (χ4n) is 3.26. The second-order valence-electron chi connectivity index (χ2n) is 6.88. The van der Waals surface area contributed by atoms with Gasteiger partial charge >= 0.3 is 0 Å². The van der Waals surface area contributed by atoms with Crippen LogP contribution in [0.4, 0.5) is 15.8 Å². The summed E-state index contributed by atoms with van der Waals surface area (Å²) >= 11 is 5.74. The van der Waals surface area contributed by atoms with E-state index in [1.165, 1.54) is 24.4 Å². The molecule has 3 aromatic rings. The minimum absolute atomic E-state index is 0.0538. The molecule has 0 atom stereocenters. The Bertz CT molecular complexity index is 1410. The average Bonchev–Trinajstić information content (AvgIpc) is 3.01. The van der Waals surface area contributed by atoms with Crippen molar-refractivity contribution in [2.24, 2.45) is 0 Å². The highest BCUT2D eigenvalue weighted by Crippen LogP contribution is 2.30. The van der Waals surface area contributed by atoms with Gasteiger partial charge in [-0.3, -0.25) is 34.3 Å². The van der Waals surface area contributed by atoms with Crippen molar-refractivity contribution in [1.82, 2.24) is 9.88 Å². The van der Waals surface area contributed by atoms with Crippen LogP contribution < -0.4 is 4.72 Å². The molecule has 0 radical (unpaired) electrons. The number of nitro benzene ring substituents is 1. The Labute approximate surface area is 190 Å². The molecule has 0 saturated heterocycles. The molecular formula is C20H12ClFN4O6S. The van der Waals surface area contributed by atoms with E-state index in [1.807, 2.05) is 0 Å². The molecule has 0 fully saturated rings. The summed E-state index contributed by atoms with van der Waals surface area (Å²) in [5, 5.41) is 10.9. The van der Waals surface area contributed by atoms with E-state index in [-0.39, 0.29) is 27.5 Å². The summed E-state index contributed by atoms with van der Waals surface area (Å²) in [6.45, 7) is -0.467. The van der Waals surface area contributed by atoms with E-state index in [4.69, 9.17) is 11.6 Å². The first-order valence-corrected chi connectivity index (χ1v) is 11.0. The van der Waals surface area contributed by atoms with Crippen LogP contribution in [-0.2, 0) is 16.6 Å². The van der Waals surface area contributed by atoms with Gasteiger partial charge in [-0.1, -0.05) is 17.7 Å². The lowest BCUT2D eigenvalue weighted by Gasteiger charge is -2.17. The molecule has 0 saturated carbocycles. The van der Waals surface area contributed by atoms with Gasteiger partial charge in [-0.15, -0.1) is 0 Å². The van der Waals surface area contributed by atoms with Crippen LogP contribution in [-0.4, -0.2) is 35.0 Å². The Morgan fingerprint density at radius 2 is 1.88 bits per heavy atom. The molecule has 1 N–H and O–H groups in total. The van der Waals surface area contributed by atoms with Gasteiger partial charge in [0.1, 0.15) is 16.5 Å². The van der Waals surface area contributed by atoms with Crippen LogP contribution in [0.25, 0.3) is 0 Å². The Hall–Kier alpha value is -3.90. The van der Waals surface area contributed by atoms with Crippen LogP contribution in [0.1, 0.15) is 26.4 Å². The van der Waals surface area contributed by atoms with Crippen molar-refractivity contribution in [3.63, 3.8) is 0 Å². The topological polar surface area (TPSA) is 140 Å². The van der Waals surface area contributed by atoms with Gasteiger partial charge in [0, 0.05) is 12.3 Å². The molecule has 0 bridgehead atoms. The van der Waals surface area contributed by atoms with Crippen LogP contribution in [0.3, 0.4) is 0 Å². The average molecular weight is 491 g/mol. The van der Waals surface area contributed by atoms with Crippen molar-refractivity contribution >= 4 is 44.8 Å². The molecule has 1 aliphatic heterocycles. The summed E-state index contributed by atoms with van der Waals surface area (Å²) in [5.74, 6) is -2.27.